The first-order valence-electron chi connectivity index (χ1n) is 7.37. The highest BCUT2D eigenvalue weighted by Gasteiger charge is 2.11. The van der Waals surface area contributed by atoms with E-state index < -0.39 is 0 Å². The van der Waals surface area contributed by atoms with Crippen LogP contribution in [0.15, 0.2) is 18.5 Å². The molecule has 1 amide bonds. The maximum Gasteiger partial charge on any atom is 0.225 e. The number of nitrogens with one attached hydrogen (secondary N) is 2. The van der Waals surface area contributed by atoms with Gasteiger partial charge in [0.2, 0.25) is 5.91 Å². The maximum absolute atomic E-state index is 11.9. The molecule has 0 bridgehead atoms. The molecular formula is C15H23N5O. The lowest BCUT2D eigenvalue weighted by molar-refractivity contribution is -0.116. The Bertz CT molecular complexity index is 620. The summed E-state index contributed by atoms with van der Waals surface area (Å²) in [6, 6.07) is 2.33. The molecule has 0 spiro atoms. The van der Waals surface area contributed by atoms with E-state index in [-0.39, 0.29) is 18.0 Å². The summed E-state index contributed by atoms with van der Waals surface area (Å²) in [6.45, 7) is 9.00. The number of carbonyl (C=O) groups excluding carboxylic acids is 1. The second-order valence-corrected chi connectivity index (χ2v) is 5.53. The highest BCUT2D eigenvalue weighted by atomic mass is 16.1. The van der Waals surface area contributed by atoms with Crippen LogP contribution in [0.25, 0.3) is 11.0 Å². The first kappa shape index (κ1) is 15.4. The van der Waals surface area contributed by atoms with Crippen LogP contribution >= 0.6 is 0 Å². The molecule has 0 aliphatic heterocycles. The normalized spacial score (nSPS) is 12.8. The minimum absolute atomic E-state index is 0.0131. The van der Waals surface area contributed by atoms with Gasteiger partial charge < -0.3 is 10.6 Å². The summed E-state index contributed by atoms with van der Waals surface area (Å²) in [5.74, 6) is -0.0131. The smallest absolute Gasteiger partial charge is 0.225 e. The summed E-state index contributed by atoms with van der Waals surface area (Å²) in [5.41, 5.74) is 1.54. The number of amides is 1. The van der Waals surface area contributed by atoms with E-state index in [0.29, 0.717) is 12.1 Å². The molecule has 2 aromatic heterocycles. The summed E-state index contributed by atoms with van der Waals surface area (Å²) < 4.78 is 1.87. The molecule has 2 aromatic rings. The molecule has 0 aliphatic rings. The number of aromatic nitrogens is 3. The predicted molar refractivity (Wildman–Crippen MR) is 84.3 cm³/mol. The zero-order valence-corrected chi connectivity index (χ0v) is 13.1. The maximum atomic E-state index is 11.9. The van der Waals surface area contributed by atoms with Gasteiger partial charge in [0.05, 0.1) is 18.1 Å². The Kier molecular flexibility index (Phi) is 4.90. The van der Waals surface area contributed by atoms with Gasteiger partial charge in [0.1, 0.15) is 0 Å². The van der Waals surface area contributed by atoms with E-state index in [1.807, 2.05) is 24.6 Å². The zero-order valence-electron chi connectivity index (χ0n) is 13.1. The van der Waals surface area contributed by atoms with Gasteiger partial charge in [-0.25, -0.2) is 9.67 Å². The first-order valence-corrected chi connectivity index (χ1v) is 7.37. The number of nitrogens with zero attached hydrogens (tertiary/aromatic N) is 3. The number of anilines is 1. The van der Waals surface area contributed by atoms with Gasteiger partial charge in [-0.15, -0.1) is 0 Å². The van der Waals surface area contributed by atoms with Gasteiger partial charge in [0, 0.05) is 23.9 Å². The number of carbonyl (C=O) groups is 1. The van der Waals surface area contributed by atoms with Gasteiger partial charge in [-0.3, -0.25) is 4.79 Å². The van der Waals surface area contributed by atoms with Crippen LogP contribution < -0.4 is 10.6 Å². The summed E-state index contributed by atoms with van der Waals surface area (Å²) >= 11 is 0. The lowest BCUT2D eigenvalue weighted by Gasteiger charge is -2.12. The van der Waals surface area contributed by atoms with E-state index in [1.165, 1.54) is 0 Å². The standard InChI is InChI=1S/C15H23N5O/c1-5-16-11(4)6-14(21)19-13-7-12-8-18-20(10(2)3)15(12)17-9-13/h7-11,16H,5-6H2,1-4H3,(H,19,21). The Morgan fingerprint density at radius 2 is 2.10 bits per heavy atom. The van der Waals surface area contributed by atoms with Gasteiger partial charge in [-0.2, -0.15) is 5.10 Å². The molecule has 0 aliphatic carbocycles. The number of pyridine rings is 1. The van der Waals surface area contributed by atoms with Gasteiger partial charge in [-0.05, 0) is 33.4 Å². The fraction of sp³-hybridized carbons (Fsp3) is 0.533. The van der Waals surface area contributed by atoms with Crippen LogP contribution in [0.2, 0.25) is 0 Å². The van der Waals surface area contributed by atoms with Crippen molar-refractivity contribution >= 4 is 22.6 Å². The Labute approximate surface area is 124 Å². The summed E-state index contributed by atoms with van der Waals surface area (Å²) in [5, 5.41) is 11.4. The number of fused-ring (bicyclic) bond motifs is 1. The van der Waals surface area contributed by atoms with Gasteiger partial charge in [0.25, 0.3) is 0 Å². The molecule has 6 heteroatoms. The minimum atomic E-state index is -0.0131. The molecule has 2 heterocycles. The third kappa shape index (κ3) is 3.78. The molecular weight excluding hydrogens is 266 g/mol. The fourth-order valence-corrected chi connectivity index (χ4v) is 2.30. The molecule has 1 unspecified atom stereocenters. The topological polar surface area (TPSA) is 71.8 Å². The van der Waals surface area contributed by atoms with E-state index in [0.717, 1.165) is 17.6 Å². The van der Waals surface area contributed by atoms with Crippen molar-refractivity contribution in [3.63, 3.8) is 0 Å². The molecule has 6 nitrogen and oxygen atoms in total. The van der Waals surface area contributed by atoms with E-state index in [1.54, 1.807) is 12.4 Å². The Hall–Kier alpha value is -1.95. The summed E-state index contributed by atoms with van der Waals surface area (Å²) in [6.07, 6.45) is 3.90. The predicted octanol–water partition coefficient (Wildman–Crippen LogP) is 2.34. The highest BCUT2D eigenvalue weighted by molar-refractivity contribution is 5.92. The summed E-state index contributed by atoms with van der Waals surface area (Å²) in [4.78, 5) is 16.3. The number of hydrogen-bond donors (Lipinski definition) is 2. The van der Waals surface area contributed by atoms with Gasteiger partial charge >= 0.3 is 0 Å². The molecule has 2 N–H and O–H groups in total. The average molecular weight is 289 g/mol. The van der Waals surface area contributed by atoms with Crippen LogP contribution in [0.3, 0.4) is 0 Å². The van der Waals surface area contributed by atoms with Crippen molar-refractivity contribution in [3.8, 4) is 0 Å². The monoisotopic (exact) mass is 289 g/mol. The highest BCUT2D eigenvalue weighted by Crippen LogP contribution is 2.19. The molecule has 0 saturated heterocycles. The number of hydrogen-bond acceptors (Lipinski definition) is 4. The van der Waals surface area contributed by atoms with Crippen molar-refractivity contribution < 1.29 is 4.79 Å². The van der Waals surface area contributed by atoms with Crippen molar-refractivity contribution in [3.05, 3.63) is 18.5 Å². The molecule has 21 heavy (non-hydrogen) atoms. The SMILES string of the molecule is CCNC(C)CC(=O)Nc1cnc2c(cnn2C(C)C)c1. The van der Waals surface area contributed by atoms with E-state index in [9.17, 15) is 4.79 Å². The molecule has 114 valence electrons. The fourth-order valence-electron chi connectivity index (χ4n) is 2.30. The molecule has 1 atom stereocenters. The Morgan fingerprint density at radius 3 is 2.76 bits per heavy atom. The third-order valence-corrected chi connectivity index (χ3v) is 3.25. The lowest BCUT2D eigenvalue weighted by atomic mass is 10.2. The van der Waals surface area contributed by atoms with Crippen molar-refractivity contribution in [2.75, 3.05) is 11.9 Å². The van der Waals surface area contributed by atoms with Crippen LogP contribution in [0, 0.1) is 0 Å². The minimum Gasteiger partial charge on any atom is -0.325 e. The molecule has 2 rings (SSSR count). The van der Waals surface area contributed by atoms with E-state index in [2.05, 4.69) is 34.6 Å². The van der Waals surface area contributed by atoms with Crippen LogP contribution in [-0.2, 0) is 4.79 Å². The first-order chi connectivity index (χ1) is 10.0. The third-order valence-electron chi connectivity index (χ3n) is 3.25. The van der Waals surface area contributed by atoms with Crippen molar-refractivity contribution in [2.24, 2.45) is 0 Å². The molecule has 0 fully saturated rings. The molecule has 0 aromatic carbocycles. The van der Waals surface area contributed by atoms with Crippen LogP contribution in [-0.4, -0.2) is 33.3 Å². The zero-order chi connectivity index (χ0) is 15.4. The summed E-state index contributed by atoms with van der Waals surface area (Å²) in [7, 11) is 0. The van der Waals surface area contributed by atoms with Crippen LogP contribution in [0.5, 0.6) is 0 Å². The average Bonchev–Trinajstić information content (AvgIpc) is 2.81. The quantitative estimate of drug-likeness (QED) is 0.856. The van der Waals surface area contributed by atoms with Crippen LogP contribution in [0.4, 0.5) is 5.69 Å². The second-order valence-electron chi connectivity index (χ2n) is 5.53. The lowest BCUT2D eigenvalue weighted by Crippen LogP contribution is -2.30. The van der Waals surface area contributed by atoms with Gasteiger partial charge in [-0.1, -0.05) is 6.92 Å². The van der Waals surface area contributed by atoms with E-state index in [4.69, 9.17) is 0 Å². The van der Waals surface area contributed by atoms with Crippen molar-refractivity contribution in [2.45, 2.75) is 46.2 Å². The Balaban J connectivity index is 2.08. The number of rotatable bonds is 6. The van der Waals surface area contributed by atoms with Crippen molar-refractivity contribution in [1.82, 2.24) is 20.1 Å². The van der Waals surface area contributed by atoms with Crippen LogP contribution in [0.1, 0.15) is 40.2 Å². The molecule has 0 saturated carbocycles. The largest absolute Gasteiger partial charge is 0.325 e. The van der Waals surface area contributed by atoms with Crippen molar-refractivity contribution in [1.29, 1.82) is 0 Å². The van der Waals surface area contributed by atoms with E-state index >= 15 is 0 Å². The molecule has 0 radical (unpaired) electrons. The van der Waals surface area contributed by atoms with Gasteiger partial charge in [0.15, 0.2) is 5.65 Å². The Morgan fingerprint density at radius 1 is 1.33 bits per heavy atom. The second kappa shape index (κ2) is 6.67.